The fourth-order valence-corrected chi connectivity index (χ4v) is 2.97. The lowest BCUT2D eigenvalue weighted by atomic mass is 10.1. The van der Waals surface area contributed by atoms with Crippen LogP contribution in [0.2, 0.25) is 10.0 Å². The number of carbonyl (C=O) groups is 2. The average Bonchev–Trinajstić information content (AvgIpc) is 2.78. The van der Waals surface area contributed by atoms with E-state index in [1.165, 1.54) is 6.08 Å². The molecule has 8 heteroatoms. The minimum Gasteiger partial charge on any atom is -0.484 e. The number of hydrogen-bond acceptors (Lipinski definition) is 4. The van der Waals surface area contributed by atoms with Gasteiger partial charge in [0.1, 0.15) is 17.4 Å². The van der Waals surface area contributed by atoms with E-state index in [0.717, 1.165) is 0 Å². The Morgan fingerprint density at radius 3 is 2.38 bits per heavy atom. The van der Waals surface area contributed by atoms with Crippen molar-refractivity contribution in [3.63, 3.8) is 0 Å². The van der Waals surface area contributed by atoms with Crippen LogP contribution in [0.3, 0.4) is 0 Å². The summed E-state index contributed by atoms with van der Waals surface area (Å²) in [6.45, 7) is -0.212. The van der Waals surface area contributed by atoms with Gasteiger partial charge in [-0.05, 0) is 66.2 Å². The number of amides is 2. The summed E-state index contributed by atoms with van der Waals surface area (Å²) in [5.41, 5.74) is 1.55. The highest BCUT2D eigenvalue weighted by atomic mass is 35.5. The Balaban J connectivity index is 1.62. The second kappa shape index (κ2) is 11.0. The van der Waals surface area contributed by atoms with Gasteiger partial charge in [0.15, 0.2) is 6.61 Å². The Hall–Kier alpha value is -3.79. The monoisotopic (exact) mass is 465 g/mol. The minimum absolute atomic E-state index is 0.0948. The molecular formula is C24H17Cl2N3O3. The summed E-state index contributed by atoms with van der Waals surface area (Å²) in [6, 6.07) is 21.9. The number of halogens is 2. The smallest absolute Gasteiger partial charge is 0.266 e. The SMILES string of the molecule is N#C/C(=C/c1cccc(OCC(=O)Nc2ccc(Cl)cc2)c1)C(=O)Nc1cccc(Cl)c1. The number of rotatable bonds is 7. The summed E-state index contributed by atoms with van der Waals surface area (Å²) >= 11 is 11.7. The summed E-state index contributed by atoms with van der Waals surface area (Å²) in [5, 5.41) is 15.8. The Morgan fingerprint density at radius 1 is 0.906 bits per heavy atom. The minimum atomic E-state index is -0.566. The Kier molecular flexibility index (Phi) is 7.87. The van der Waals surface area contributed by atoms with Gasteiger partial charge in [-0.25, -0.2) is 0 Å². The largest absolute Gasteiger partial charge is 0.484 e. The lowest BCUT2D eigenvalue weighted by Gasteiger charge is -2.08. The van der Waals surface area contributed by atoms with Crippen LogP contribution in [0.4, 0.5) is 11.4 Å². The number of nitrogens with one attached hydrogen (secondary N) is 2. The quantitative estimate of drug-likeness (QED) is 0.353. The molecule has 3 aromatic rings. The van der Waals surface area contributed by atoms with Crippen LogP contribution >= 0.6 is 23.2 Å². The molecule has 0 atom stereocenters. The third kappa shape index (κ3) is 6.88. The second-order valence-electron chi connectivity index (χ2n) is 6.55. The zero-order valence-electron chi connectivity index (χ0n) is 16.6. The van der Waals surface area contributed by atoms with Crippen molar-refractivity contribution in [3.05, 3.63) is 94.0 Å². The molecular weight excluding hydrogens is 449 g/mol. The van der Waals surface area contributed by atoms with Crippen molar-refractivity contribution in [3.8, 4) is 11.8 Å². The maximum atomic E-state index is 12.4. The van der Waals surface area contributed by atoms with Crippen LogP contribution < -0.4 is 15.4 Å². The molecule has 2 amide bonds. The van der Waals surface area contributed by atoms with Crippen molar-refractivity contribution in [1.82, 2.24) is 0 Å². The molecule has 0 bridgehead atoms. The molecule has 3 aromatic carbocycles. The molecule has 6 nitrogen and oxygen atoms in total. The van der Waals surface area contributed by atoms with E-state index in [1.54, 1.807) is 72.8 Å². The Morgan fingerprint density at radius 2 is 1.66 bits per heavy atom. The third-order valence-corrected chi connectivity index (χ3v) is 4.60. The van der Waals surface area contributed by atoms with Gasteiger partial charge in [0.2, 0.25) is 0 Å². The lowest BCUT2D eigenvalue weighted by Crippen LogP contribution is -2.20. The molecule has 0 unspecified atom stereocenters. The van der Waals surface area contributed by atoms with Gasteiger partial charge in [0, 0.05) is 21.4 Å². The predicted molar refractivity (Wildman–Crippen MR) is 126 cm³/mol. The molecule has 2 N–H and O–H groups in total. The lowest BCUT2D eigenvalue weighted by molar-refractivity contribution is -0.118. The first kappa shape index (κ1) is 22.9. The number of carbonyl (C=O) groups excluding carboxylic acids is 2. The molecule has 0 aliphatic carbocycles. The van der Waals surface area contributed by atoms with Crippen LogP contribution in [-0.4, -0.2) is 18.4 Å². The van der Waals surface area contributed by atoms with Crippen LogP contribution in [0.5, 0.6) is 5.75 Å². The molecule has 0 spiro atoms. The van der Waals surface area contributed by atoms with Gasteiger partial charge >= 0.3 is 0 Å². The Labute approximate surface area is 195 Å². The highest BCUT2D eigenvalue weighted by Gasteiger charge is 2.10. The maximum Gasteiger partial charge on any atom is 0.266 e. The summed E-state index contributed by atoms with van der Waals surface area (Å²) < 4.78 is 5.52. The van der Waals surface area contributed by atoms with Gasteiger partial charge in [-0.2, -0.15) is 5.26 Å². The molecule has 0 saturated carbocycles. The number of anilines is 2. The number of nitrogens with zero attached hydrogens (tertiary/aromatic N) is 1. The molecule has 3 rings (SSSR count). The van der Waals surface area contributed by atoms with Gasteiger partial charge in [0.05, 0.1) is 0 Å². The van der Waals surface area contributed by atoms with Crippen LogP contribution in [0.15, 0.2) is 78.4 Å². The zero-order chi connectivity index (χ0) is 22.9. The van der Waals surface area contributed by atoms with Gasteiger partial charge in [-0.1, -0.05) is 41.4 Å². The fraction of sp³-hybridized carbons (Fsp3) is 0.0417. The second-order valence-corrected chi connectivity index (χ2v) is 7.42. The maximum absolute atomic E-state index is 12.4. The molecule has 0 aliphatic heterocycles. The number of nitriles is 1. The van der Waals surface area contributed by atoms with Crippen molar-refractivity contribution in [2.75, 3.05) is 17.2 Å². The normalized spacial score (nSPS) is 10.7. The molecule has 0 radical (unpaired) electrons. The molecule has 0 aromatic heterocycles. The first-order chi connectivity index (χ1) is 15.4. The third-order valence-electron chi connectivity index (χ3n) is 4.11. The van der Waals surface area contributed by atoms with Crippen LogP contribution in [0.1, 0.15) is 5.56 Å². The van der Waals surface area contributed by atoms with Crippen LogP contribution in [-0.2, 0) is 9.59 Å². The number of benzene rings is 3. The number of ether oxygens (including phenoxy) is 1. The summed E-state index contributed by atoms with van der Waals surface area (Å²) in [6.07, 6.45) is 1.43. The van der Waals surface area contributed by atoms with E-state index < -0.39 is 5.91 Å². The molecule has 32 heavy (non-hydrogen) atoms. The molecule has 0 saturated heterocycles. The highest BCUT2D eigenvalue weighted by Crippen LogP contribution is 2.19. The van der Waals surface area contributed by atoms with E-state index >= 15 is 0 Å². The molecule has 160 valence electrons. The topological polar surface area (TPSA) is 91.2 Å². The van der Waals surface area contributed by atoms with Gasteiger partial charge < -0.3 is 15.4 Å². The highest BCUT2D eigenvalue weighted by molar-refractivity contribution is 6.31. The standard InChI is InChI=1S/C24H17Cl2N3O3/c25-18-7-9-20(10-8-18)28-23(30)15-32-22-6-1-3-16(12-22)11-17(14-27)24(31)29-21-5-2-4-19(26)13-21/h1-13H,15H2,(H,28,30)(H,29,31)/b17-11-. The summed E-state index contributed by atoms with van der Waals surface area (Å²) in [5.74, 6) is -0.493. The first-order valence-electron chi connectivity index (χ1n) is 9.40. The fourth-order valence-electron chi connectivity index (χ4n) is 2.65. The van der Waals surface area contributed by atoms with E-state index in [9.17, 15) is 14.9 Å². The summed E-state index contributed by atoms with van der Waals surface area (Å²) in [7, 11) is 0. The zero-order valence-corrected chi connectivity index (χ0v) is 18.2. The van der Waals surface area contributed by atoms with Crippen molar-refractivity contribution in [2.45, 2.75) is 0 Å². The van der Waals surface area contributed by atoms with Crippen molar-refractivity contribution >= 4 is 52.5 Å². The molecule has 0 aliphatic rings. The van der Waals surface area contributed by atoms with Crippen molar-refractivity contribution < 1.29 is 14.3 Å². The van der Waals surface area contributed by atoms with Crippen LogP contribution in [0, 0.1) is 11.3 Å². The van der Waals surface area contributed by atoms with E-state index in [4.69, 9.17) is 27.9 Å². The predicted octanol–water partition coefficient (Wildman–Crippen LogP) is 5.56. The van der Waals surface area contributed by atoms with E-state index in [2.05, 4.69) is 10.6 Å². The first-order valence-corrected chi connectivity index (χ1v) is 10.2. The van der Waals surface area contributed by atoms with Crippen molar-refractivity contribution in [1.29, 1.82) is 5.26 Å². The number of hydrogen-bond donors (Lipinski definition) is 2. The van der Waals surface area contributed by atoms with Gasteiger partial charge in [-0.15, -0.1) is 0 Å². The van der Waals surface area contributed by atoms with E-state index in [-0.39, 0.29) is 18.1 Å². The van der Waals surface area contributed by atoms with Gasteiger partial charge in [0.25, 0.3) is 11.8 Å². The molecule has 0 heterocycles. The van der Waals surface area contributed by atoms with Crippen LogP contribution in [0.25, 0.3) is 6.08 Å². The van der Waals surface area contributed by atoms with Gasteiger partial charge in [-0.3, -0.25) is 9.59 Å². The van der Waals surface area contributed by atoms with Crippen molar-refractivity contribution in [2.24, 2.45) is 0 Å². The summed E-state index contributed by atoms with van der Waals surface area (Å²) in [4.78, 5) is 24.5. The van der Waals surface area contributed by atoms with E-state index in [0.29, 0.717) is 32.7 Å². The average molecular weight is 466 g/mol. The molecule has 0 fully saturated rings. The Bertz CT molecular complexity index is 1200. The van der Waals surface area contributed by atoms with E-state index in [1.807, 2.05) is 6.07 Å².